The molecule has 0 fully saturated rings. The van der Waals surface area contributed by atoms with Crippen LogP contribution in [0.15, 0.2) is 30.5 Å². The topological polar surface area (TPSA) is 114 Å². The number of nitrogens with one attached hydrogen (secondary N) is 3. The number of aryl methyl sites for hydroxylation is 1. The maximum Gasteiger partial charge on any atom is 0.408 e. The first kappa shape index (κ1) is 22.3. The van der Waals surface area contributed by atoms with Crippen molar-refractivity contribution in [3.8, 4) is 0 Å². The third kappa shape index (κ3) is 5.62. The standard InChI is InChI=1S/C22H30N6O3/c1-13(2)18-24-20(27-26-18)25-19(29)16(23-21(30)31-22(3,4)5)11-14-12-28(6)17-10-8-7-9-15(14)17/h7-10,12-13,16H,11H2,1-6H3,(H,23,30)(H2,24,25,26,27,29). The largest absolute Gasteiger partial charge is 0.444 e. The molecule has 0 aliphatic heterocycles. The lowest BCUT2D eigenvalue weighted by Gasteiger charge is -2.23. The zero-order valence-electron chi connectivity index (χ0n) is 18.8. The number of alkyl carbamates (subject to hydrolysis) is 1. The summed E-state index contributed by atoms with van der Waals surface area (Å²) in [7, 11) is 1.95. The van der Waals surface area contributed by atoms with Gasteiger partial charge in [-0.1, -0.05) is 32.0 Å². The monoisotopic (exact) mass is 426 g/mol. The molecule has 0 aliphatic carbocycles. The lowest BCUT2D eigenvalue weighted by Crippen LogP contribution is -2.47. The van der Waals surface area contributed by atoms with Crippen molar-refractivity contribution < 1.29 is 14.3 Å². The predicted molar refractivity (Wildman–Crippen MR) is 119 cm³/mol. The molecule has 0 spiro atoms. The molecule has 0 aliphatic rings. The molecular formula is C22H30N6O3. The quantitative estimate of drug-likeness (QED) is 0.558. The molecule has 0 radical (unpaired) electrons. The average molecular weight is 427 g/mol. The molecule has 9 nitrogen and oxygen atoms in total. The molecule has 3 aromatic rings. The second kappa shape index (κ2) is 8.79. The van der Waals surface area contributed by atoms with Crippen LogP contribution in [-0.4, -0.2) is 43.4 Å². The molecule has 0 saturated heterocycles. The minimum absolute atomic E-state index is 0.143. The Morgan fingerprint density at radius 2 is 1.94 bits per heavy atom. The van der Waals surface area contributed by atoms with E-state index < -0.39 is 23.6 Å². The van der Waals surface area contributed by atoms with Crippen molar-refractivity contribution in [1.29, 1.82) is 0 Å². The van der Waals surface area contributed by atoms with Gasteiger partial charge in [0.1, 0.15) is 17.5 Å². The minimum Gasteiger partial charge on any atom is -0.444 e. The van der Waals surface area contributed by atoms with Crippen molar-refractivity contribution in [2.75, 3.05) is 5.32 Å². The molecule has 3 rings (SSSR count). The Labute approximate surface area is 181 Å². The summed E-state index contributed by atoms with van der Waals surface area (Å²) in [4.78, 5) is 29.8. The van der Waals surface area contributed by atoms with E-state index in [1.165, 1.54) is 0 Å². The molecule has 3 N–H and O–H groups in total. The second-order valence-corrected chi connectivity index (χ2v) is 8.87. The van der Waals surface area contributed by atoms with Gasteiger partial charge in [0.15, 0.2) is 0 Å². The molecule has 0 saturated carbocycles. The van der Waals surface area contributed by atoms with Crippen LogP contribution < -0.4 is 10.6 Å². The number of fused-ring (bicyclic) bond motifs is 1. The fraction of sp³-hybridized carbons (Fsp3) is 0.455. The Bertz CT molecular complexity index is 1080. The number of rotatable bonds is 6. The lowest BCUT2D eigenvalue weighted by molar-refractivity contribution is -0.118. The molecule has 0 bridgehead atoms. The third-order valence-corrected chi connectivity index (χ3v) is 4.70. The second-order valence-electron chi connectivity index (χ2n) is 8.87. The summed E-state index contributed by atoms with van der Waals surface area (Å²) in [5.41, 5.74) is 1.30. The van der Waals surface area contributed by atoms with Crippen LogP contribution in [-0.2, 0) is 23.0 Å². The van der Waals surface area contributed by atoms with Gasteiger partial charge in [0.25, 0.3) is 0 Å². The third-order valence-electron chi connectivity index (χ3n) is 4.70. The van der Waals surface area contributed by atoms with Gasteiger partial charge in [-0.2, -0.15) is 4.98 Å². The van der Waals surface area contributed by atoms with Crippen molar-refractivity contribution >= 4 is 28.9 Å². The summed E-state index contributed by atoms with van der Waals surface area (Å²) < 4.78 is 7.36. The van der Waals surface area contributed by atoms with Crippen molar-refractivity contribution in [3.05, 3.63) is 41.9 Å². The normalized spacial score (nSPS) is 12.7. The van der Waals surface area contributed by atoms with E-state index in [9.17, 15) is 9.59 Å². The summed E-state index contributed by atoms with van der Waals surface area (Å²) in [6.07, 6.45) is 1.59. The van der Waals surface area contributed by atoms with Gasteiger partial charge in [-0.05, 0) is 32.4 Å². The van der Waals surface area contributed by atoms with Gasteiger partial charge in [0.05, 0.1) is 0 Å². The highest BCUT2D eigenvalue weighted by molar-refractivity contribution is 5.96. The number of nitrogens with zero attached hydrogens (tertiary/aromatic N) is 3. The highest BCUT2D eigenvalue weighted by atomic mass is 16.6. The van der Waals surface area contributed by atoms with E-state index >= 15 is 0 Å². The van der Waals surface area contributed by atoms with Crippen molar-refractivity contribution in [3.63, 3.8) is 0 Å². The number of hydrogen-bond donors (Lipinski definition) is 3. The summed E-state index contributed by atoms with van der Waals surface area (Å²) in [6.45, 7) is 9.26. The molecule has 1 unspecified atom stereocenters. The Hall–Kier alpha value is -3.36. The number of ether oxygens (including phenoxy) is 1. The average Bonchev–Trinajstić information content (AvgIpc) is 3.25. The van der Waals surface area contributed by atoms with Crippen molar-refractivity contribution in [2.24, 2.45) is 7.05 Å². The highest BCUT2D eigenvalue weighted by Gasteiger charge is 2.27. The van der Waals surface area contributed by atoms with Crippen molar-refractivity contribution in [1.82, 2.24) is 25.1 Å². The maximum atomic E-state index is 13.1. The van der Waals surface area contributed by atoms with Crippen LogP contribution in [0.4, 0.5) is 10.7 Å². The summed E-state index contributed by atoms with van der Waals surface area (Å²) >= 11 is 0. The molecule has 2 amide bonds. The molecule has 166 valence electrons. The predicted octanol–water partition coefficient (Wildman–Crippen LogP) is 3.49. The number of amides is 2. The van der Waals surface area contributed by atoms with Crippen LogP contribution >= 0.6 is 0 Å². The zero-order chi connectivity index (χ0) is 22.8. The molecule has 31 heavy (non-hydrogen) atoms. The van der Waals surface area contributed by atoms with E-state index in [2.05, 4.69) is 25.8 Å². The fourth-order valence-corrected chi connectivity index (χ4v) is 3.25. The fourth-order valence-electron chi connectivity index (χ4n) is 3.25. The minimum atomic E-state index is -0.873. The van der Waals surface area contributed by atoms with Crippen LogP contribution in [0.5, 0.6) is 0 Å². The Kier molecular flexibility index (Phi) is 6.33. The van der Waals surface area contributed by atoms with Gasteiger partial charge in [0, 0.05) is 36.5 Å². The van der Waals surface area contributed by atoms with Crippen LogP contribution in [0.2, 0.25) is 0 Å². The van der Waals surface area contributed by atoms with Gasteiger partial charge in [-0.15, -0.1) is 5.10 Å². The Morgan fingerprint density at radius 1 is 1.23 bits per heavy atom. The number of benzene rings is 1. The van der Waals surface area contributed by atoms with E-state index in [1.54, 1.807) is 20.8 Å². The number of H-pyrrole nitrogens is 1. The zero-order valence-corrected chi connectivity index (χ0v) is 18.8. The number of carbonyl (C=O) groups is 2. The Balaban J connectivity index is 1.84. The van der Waals surface area contributed by atoms with Gasteiger partial charge in [-0.3, -0.25) is 15.2 Å². The van der Waals surface area contributed by atoms with Gasteiger partial charge < -0.3 is 14.6 Å². The summed E-state index contributed by atoms with van der Waals surface area (Å²) in [5.74, 6) is 0.557. The van der Waals surface area contributed by atoms with Gasteiger partial charge in [0.2, 0.25) is 11.9 Å². The summed E-state index contributed by atoms with van der Waals surface area (Å²) in [6, 6.07) is 7.04. The maximum absolute atomic E-state index is 13.1. The first-order valence-electron chi connectivity index (χ1n) is 10.3. The molecule has 1 atom stereocenters. The SMILES string of the molecule is CC(C)c1nc(NC(=O)C(Cc2cn(C)c3ccccc23)NC(=O)OC(C)(C)C)n[nH]1. The van der Waals surface area contributed by atoms with E-state index in [0.717, 1.165) is 16.5 Å². The van der Waals surface area contributed by atoms with Crippen LogP contribution in [0.25, 0.3) is 10.9 Å². The van der Waals surface area contributed by atoms with E-state index in [0.29, 0.717) is 5.82 Å². The molecule has 2 aromatic heterocycles. The molecule has 9 heteroatoms. The summed E-state index contributed by atoms with van der Waals surface area (Å²) in [5, 5.41) is 13.3. The van der Waals surface area contributed by atoms with Crippen LogP contribution in [0.1, 0.15) is 51.9 Å². The van der Waals surface area contributed by atoms with Crippen LogP contribution in [0, 0.1) is 0 Å². The smallest absolute Gasteiger partial charge is 0.408 e. The van der Waals surface area contributed by atoms with Gasteiger partial charge in [-0.25, -0.2) is 4.79 Å². The van der Waals surface area contributed by atoms with E-state index in [-0.39, 0.29) is 18.3 Å². The molecule has 2 heterocycles. The number of aromatic nitrogens is 4. The van der Waals surface area contributed by atoms with Crippen LogP contribution in [0.3, 0.4) is 0 Å². The lowest BCUT2D eigenvalue weighted by atomic mass is 10.0. The number of aromatic amines is 1. The Morgan fingerprint density at radius 3 is 2.58 bits per heavy atom. The first-order chi connectivity index (χ1) is 14.5. The highest BCUT2D eigenvalue weighted by Crippen LogP contribution is 2.22. The molecule has 1 aromatic carbocycles. The van der Waals surface area contributed by atoms with E-state index in [1.807, 2.05) is 55.9 Å². The van der Waals surface area contributed by atoms with Crippen molar-refractivity contribution in [2.45, 2.75) is 58.6 Å². The molecular weight excluding hydrogens is 396 g/mol. The first-order valence-corrected chi connectivity index (χ1v) is 10.3. The number of anilines is 1. The number of para-hydroxylation sites is 1. The van der Waals surface area contributed by atoms with E-state index in [4.69, 9.17) is 4.74 Å². The van der Waals surface area contributed by atoms with Gasteiger partial charge >= 0.3 is 6.09 Å². The number of carbonyl (C=O) groups excluding carboxylic acids is 2. The number of hydrogen-bond acceptors (Lipinski definition) is 5.